The quantitative estimate of drug-likeness (QED) is 0.787. The number of fused-ring (bicyclic) bond motifs is 1. The van der Waals surface area contributed by atoms with Crippen molar-refractivity contribution in [3.63, 3.8) is 0 Å². The predicted octanol–water partition coefficient (Wildman–Crippen LogP) is 4.99. The second-order valence-corrected chi connectivity index (χ2v) is 7.78. The van der Waals surface area contributed by atoms with Crippen molar-refractivity contribution in [2.24, 2.45) is 4.99 Å². The fraction of sp³-hybridized carbons (Fsp3) is 0.250. The van der Waals surface area contributed by atoms with E-state index in [1.54, 1.807) is 18.2 Å². The number of aliphatic imine (C=N–C) groups is 1. The third-order valence-electron chi connectivity index (χ3n) is 3.91. The van der Waals surface area contributed by atoms with E-state index in [0.29, 0.717) is 27.8 Å². The van der Waals surface area contributed by atoms with Crippen LogP contribution in [0.1, 0.15) is 27.9 Å². The van der Waals surface area contributed by atoms with Gasteiger partial charge in [0.2, 0.25) is 5.91 Å². The molecule has 2 aromatic rings. The topological polar surface area (TPSA) is 58.5 Å². The molecule has 4 nitrogen and oxygen atoms in total. The maximum absolute atomic E-state index is 12.2. The van der Waals surface area contributed by atoms with Gasteiger partial charge in [0, 0.05) is 27.7 Å². The van der Waals surface area contributed by atoms with E-state index in [-0.39, 0.29) is 18.1 Å². The van der Waals surface area contributed by atoms with Gasteiger partial charge in [-0.1, -0.05) is 17.7 Å². The number of carbonyl (C=O) groups is 2. The first kappa shape index (κ1) is 18.7. The SMILES string of the molecule is Cc1cc(C)cc(NC(=O)CSCC2=Nc3ccc(Cl)cc3C(=O)C2)c1. The molecular weight excluding hydrogens is 368 g/mol. The molecule has 0 atom stereocenters. The van der Waals surface area contributed by atoms with E-state index in [4.69, 9.17) is 11.6 Å². The Morgan fingerprint density at radius 2 is 1.92 bits per heavy atom. The van der Waals surface area contributed by atoms with E-state index >= 15 is 0 Å². The van der Waals surface area contributed by atoms with E-state index in [2.05, 4.69) is 16.4 Å². The van der Waals surface area contributed by atoms with E-state index in [1.807, 2.05) is 26.0 Å². The monoisotopic (exact) mass is 386 g/mol. The Bertz CT molecular complexity index is 888. The maximum Gasteiger partial charge on any atom is 0.234 e. The van der Waals surface area contributed by atoms with Gasteiger partial charge in [0.25, 0.3) is 0 Å². The number of amides is 1. The van der Waals surface area contributed by atoms with Crippen molar-refractivity contribution in [2.45, 2.75) is 20.3 Å². The van der Waals surface area contributed by atoms with Gasteiger partial charge in [-0.05, 0) is 55.3 Å². The lowest BCUT2D eigenvalue weighted by Crippen LogP contribution is -2.18. The molecule has 1 heterocycles. The van der Waals surface area contributed by atoms with Crippen LogP contribution in [0.4, 0.5) is 11.4 Å². The zero-order chi connectivity index (χ0) is 18.7. The average Bonchev–Trinajstić information content (AvgIpc) is 2.54. The van der Waals surface area contributed by atoms with Crippen molar-refractivity contribution in [1.82, 2.24) is 0 Å². The Morgan fingerprint density at radius 1 is 1.19 bits per heavy atom. The highest BCUT2D eigenvalue weighted by Gasteiger charge is 2.20. The molecule has 0 fully saturated rings. The molecule has 3 rings (SSSR count). The molecule has 134 valence electrons. The molecule has 0 saturated heterocycles. The van der Waals surface area contributed by atoms with Crippen molar-refractivity contribution < 1.29 is 9.59 Å². The first-order chi connectivity index (χ1) is 12.4. The number of nitrogens with one attached hydrogen (secondary N) is 1. The molecule has 1 aliphatic heterocycles. The van der Waals surface area contributed by atoms with Crippen LogP contribution in [-0.4, -0.2) is 28.9 Å². The van der Waals surface area contributed by atoms with Crippen molar-refractivity contribution in [3.05, 3.63) is 58.1 Å². The molecule has 0 radical (unpaired) electrons. The molecule has 1 aliphatic rings. The van der Waals surface area contributed by atoms with Crippen LogP contribution < -0.4 is 5.32 Å². The molecular formula is C20H19ClN2O2S. The number of ketones is 1. The van der Waals surface area contributed by atoms with Crippen molar-refractivity contribution >= 4 is 52.1 Å². The van der Waals surface area contributed by atoms with E-state index in [1.165, 1.54) is 11.8 Å². The Balaban J connectivity index is 1.55. The van der Waals surface area contributed by atoms with Gasteiger partial charge in [-0.2, -0.15) is 0 Å². The van der Waals surface area contributed by atoms with Gasteiger partial charge in [0.05, 0.1) is 17.9 Å². The fourth-order valence-electron chi connectivity index (χ4n) is 2.91. The number of halogens is 1. The van der Waals surface area contributed by atoms with Crippen LogP contribution in [0.15, 0.2) is 41.4 Å². The molecule has 26 heavy (non-hydrogen) atoms. The largest absolute Gasteiger partial charge is 0.325 e. The van der Waals surface area contributed by atoms with Crippen LogP contribution in [0.2, 0.25) is 5.02 Å². The molecule has 0 unspecified atom stereocenters. The van der Waals surface area contributed by atoms with Crippen LogP contribution >= 0.6 is 23.4 Å². The van der Waals surface area contributed by atoms with Gasteiger partial charge in [0.1, 0.15) is 0 Å². The lowest BCUT2D eigenvalue weighted by Gasteiger charge is -2.14. The minimum Gasteiger partial charge on any atom is -0.325 e. The summed E-state index contributed by atoms with van der Waals surface area (Å²) >= 11 is 7.39. The summed E-state index contributed by atoms with van der Waals surface area (Å²) in [5.41, 5.74) is 5.04. The molecule has 0 saturated carbocycles. The van der Waals surface area contributed by atoms with E-state index in [9.17, 15) is 9.59 Å². The lowest BCUT2D eigenvalue weighted by molar-refractivity contribution is -0.113. The van der Waals surface area contributed by atoms with E-state index in [0.717, 1.165) is 22.5 Å². The molecule has 0 bridgehead atoms. The summed E-state index contributed by atoms with van der Waals surface area (Å²) in [6.45, 7) is 4.00. The number of aryl methyl sites for hydroxylation is 2. The molecule has 2 aromatic carbocycles. The Morgan fingerprint density at radius 3 is 2.65 bits per heavy atom. The molecule has 0 aromatic heterocycles. The number of hydrogen-bond donors (Lipinski definition) is 1. The zero-order valence-electron chi connectivity index (χ0n) is 14.6. The normalized spacial score (nSPS) is 13.2. The van der Waals surface area contributed by atoms with Gasteiger partial charge >= 0.3 is 0 Å². The van der Waals surface area contributed by atoms with Gasteiger partial charge < -0.3 is 5.32 Å². The Kier molecular flexibility index (Phi) is 5.79. The predicted molar refractivity (Wildman–Crippen MR) is 109 cm³/mol. The van der Waals surface area contributed by atoms with Crippen LogP contribution in [0.5, 0.6) is 0 Å². The van der Waals surface area contributed by atoms with Gasteiger partial charge in [-0.3, -0.25) is 14.6 Å². The minimum atomic E-state index is -0.0603. The fourth-order valence-corrected chi connectivity index (χ4v) is 3.84. The third-order valence-corrected chi connectivity index (χ3v) is 5.15. The van der Waals surface area contributed by atoms with E-state index < -0.39 is 0 Å². The standard InChI is InChI=1S/C20H19ClN2O2S/c1-12-5-13(2)7-15(6-12)23-20(25)11-26-10-16-9-19(24)17-8-14(21)3-4-18(17)22-16/h3-8H,9-11H2,1-2H3,(H,23,25). The van der Waals surface area contributed by atoms with Gasteiger partial charge in [0.15, 0.2) is 5.78 Å². The number of rotatable bonds is 5. The van der Waals surface area contributed by atoms with Crippen molar-refractivity contribution in [3.8, 4) is 0 Å². The van der Waals surface area contributed by atoms with Gasteiger partial charge in [-0.15, -0.1) is 11.8 Å². The second-order valence-electron chi connectivity index (χ2n) is 6.36. The summed E-state index contributed by atoms with van der Waals surface area (Å²) in [7, 11) is 0. The molecule has 1 amide bonds. The summed E-state index contributed by atoms with van der Waals surface area (Å²) in [5.74, 6) is 0.824. The first-order valence-corrected chi connectivity index (χ1v) is 9.79. The maximum atomic E-state index is 12.2. The molecule has 1 N–H and O–H groups in total. The highest BCUT2D eigenvalue weighted by molar-refractivity contribution is 8.00. The Labute approximate surface area is 162 Å². The highest BCUT2D eigenvalue weighted by Crippen LogP contribution is 2.29. The second kappa shape index (κ2) is 8.06. The number of benzene rings is 2. The molecule has 0 aliphatic carbocycles. The third kappa shape index (κ3) is 4.74. The number of thioether (sulfide) groups is 1. The number of anilines is 1. The van der Waals surface area contributed by atoms with Crippen molar-refractivity contribution in [2.75, 3.05) is 16.8 Å². The highest BCUT2D eigenvalue weighted by atomic mass is 35.5. The number of carbonyl (C=O) groups excluding carboxylic acids is 2. The van der Waals surface area contributed by atoms with Crippen LogP contribution in [0, 0.1) is 13.8 Å². The molecule has 0 spiro atoms. The average molecular weight is 387 g/mol. The van der Waals surface area contributed by atoms with Crippen LogP contribution in [0.3, 0.4) is 0 Å². The van der Waals surface area contributed by atoms with Crippen molar-refractivity contribution in [1.29, 1.82) is 0 Å². The summed E-state index contributed by atoms with van der Waals surface area (Å²) in [5, 5.41) is 3.45. The molecule has 6 heteroatoms. The van der Waals surface area contributed by atoms with Crippen LogP contribution in [-0.2, 0) is 4.79 Å². The van der Waals surface area contributed by atoms with Gasteiger partial charge in [-0.25, -0.2) is 0 Å². The summed E-state index contributed by atoms with van der Waals surface area (Å²) in [6, 6.07) is 11.1. The summed E-state index contributed by atoms with van der Waals surface area (Å²) in [4.78, 5) is 28.9. The summed E-state index contributed by atoms with van der Waals surface area (Å²) in [6.07, 6.45) is 0.277. The number of Topliss-reactive ketones (excluding diaryl/α,β-unsaturated/α-hetero) is 1. The van der Waals surface area contributed by atoms with Crippen LogP contribution in [0.25, 0.3) is 0 Å². The lowest BCUT2D eigenvalue weighted by atomic mass is 10.0. The number of hydrogen-bond acceptors (Lipinski definition) is 4. The minimum absolute atomic E-state index is 0.0211. The smallest absolute Gasteiger partial charge is 0.234 e. The number of nitrogens with zero attached hydrogens (tertiary/aromatic N) is 1. The zero-order valence-corrected chi connectivity index (χ0v) is 16.2. The Hall–Kier alpha value is -2.11. The first-order valence-electron chi connectivity index (χ1n) is 8.26. The summed E-state index contributed by atoms with van der Waals surface area (Å²) < 4.78 is 0.